The number of thiophene rings is 2. The monoisotopic (exact) mass is 774 g/mol. The van der Waals surface area contributed by atoms with Crippen molar-refractivity contribution in [2.45, 2.75) is 77.5 Å². The summed E-state index contributed by atoms with van der Waals surface area (Å²) in [7, 11) is 2.58. The summed E-state index contributed by atoms with van der Waals surface area (Å²) in [5.74, 6) is 0.969. The molecular formula is C38H46N8O6S2. The summed E-state index contributed by atoms with van der Waals surface area (Å²) >= 11 is 3.36. The van der Waals surface area contributed by atoms with Crippen molar-refractivity contribution in [3.8, 4) is 22.4 Å². The van der Waals surface area contributed by atoms with Crippen molar-refractivity contribution in [1.29, 1.82) is 0 Å². The molecule has 0 aliphatic carbocycles. The maximum absolute atomic E-state index is 13.7. The van der Waals surface area contributed by atoms with Crippen molar-refractivity contribution < 1.29 is 28.7 Å². The number of fused-ring (bicyclic) bond motifs is 2. The first-order valence-electron chi connectivity index (χ1n) is 18.3. The van der Waals surface area contributed by atoms with Crippen LogP contribution in [0.2, 0.25) is 0 Å². The number of hydrogen-bond acceptors (Lipinski definition) is 10. The van der Waals surface area contributed by atoms with Crippen molar-refractivity contribution >= 4 is 67.1 Å². The van der Waals surface area contributed by atoms with Gasteiger partial charge in [0.25, 0.3) is 0 Å². The molecule has 1 aromatic carbocycles. The molecule has 7 rings (SSSR count). The molecule has 0 bridgehead atoms. The van der Waals surface area contributed by atoms with Gasteiger partial charge in [0.05, 0.1) is 58.6 Å². The summed E-state index contributed by atoms with van der Waals surface area (Å²) in [6.07, 6.45) is 3.84. The molecule has 0 spiro atoms. The van der Waals surface area contributed by atoms with Gasteiger partial charge in [-0.05, 0) is 55.2 Å². The van der Waals surface area contributed by atoms with Crippen molar-refractivity contribution in [3.05, 3.63) is 46.8 Å². The lowest BCUT2D eigenvalue weighted by Crippen LogP contribution is -2.51. The van der Waals surface area contributed by atoms with Gasteiger partial charge in [-0.25, -0.2) is 19.6 Å². The zero-order valence-corrected chi connectivity index (χ0v) is 32.9. The zero-order valence-electron chi connectivity index (χ0n) is 31.2. The standard InChI is InChI=1S/C38H46N8O6S2/c1-19(2)29(43-37(49)51-5)35(47)45-13-7-9-27(45)33-39-16-26(42-33)23-18-54-31-22(17-53-32(23)31)21-11-12-24-25(15-21)41-34(40-24)28-10-8-14-46(28)36(48)30(20(3)4)44-38(50)52-6/h11-12,15-20,27-30H,7-10,13-14H2,1-6H3,(H,39,42)(H,40,41)(H,43,49)(H,44,50)/t27-,28-,29-,30-/m0/s1. The minimum absolute atomic E-state index is 0.109. The number of methoxy groups -OCH3 is 2. The third-order valence-corrected chi connectivity index (χ3v) is 12.6. The van der Waals surface area contributed by atoms with Crippen LogP contribution in [-0.2, 0) is 19.1 Å². The third kappa shape index (κ3) is 7.04. The number of carbonyl (C=O) groups excluding carboxylic acids is 4. The van der Waals surface area contributed by atoms with E-state index in [4.69, 9.17) is 19.4 Å². The number of aromatic nitrogens is 4. The molecular weight excluding hydrogens is 729 g/mol. The first-order chi connectivity index (χ1) is 26.0. The number of alkyl carbamates (subject to hydrolysis) is 2. The van der Waals surface area contributed by atoms with Crippen LogP contribution in [-0.4, -0.2) is 93.1 Å². The number of amides is 4. The van der Waals surface area contributed by atoms with Crippen LogP contribution in [0.25, 0.3) is 42.8 Å². The van der Waals surface area contributed by atoms with Crippen molar-refractivity contribution in [1.82, 2.24) is 40.4 Å². The lowest BCUT2D eigenvalue weighted by Gasteiger charge is -2.30. The minimum Gasteiger partial charge on any atom is -0.453 e. The maximum atomic E-state index is 13.7. The summed E-state index contributed by atoms with van der Waals surface area (Å²) < 4.78 is 11.9. The Balaban J connectivity index is 1.10. The smallest absolute Gasteiger partial charge is 0.407 e. The second-order valence-electron chi connectivity index (χ2n) is 14.6. The van der Waals surface area contributed by atoms with E-state index in [9.17, 15) is 19.2 Å². The second kappa shape index (κ2) is 15.4. The summed E-state index contributed by atoms with van der Waals surface area (Å²) in [6.45, 7) is 8.80. The third-order valence-electron chi connectivity index (χ3n) is 10.5. The van der Waals surface area contributed by atoms with Gasteiger partial charge in [-0.1, -0.05) is 33.8 Å². The number of benzene rings is 1. The number of hydrogen-bond donors (Lipinski definition) is 4. The molecule has 4 N–H and O–H groups in total. The van der Waals surface area contributed by atoms with E-state index in [1.807, 2.05) is 49.8 Å². The fourth-order valence-corrected chi connectivity index (χ4v) is 10.0. The Kier molecular flexibility index (Phi) is 10.7. The molecule has 2 fully saturated rings. The summed E-state index contributed by atoms with van der Waals surface area (Å²) in [6, 6.07) is 4.39. The maximum Gasteiger partial charge on any atom is 0.407 e. The Bertz CT molecular complexity index is 2190. The molecule has 6 heterocycles. The fraction of sp³-hybridized carbons (Fsp3) is 0.474. The molecule has 14 nitrogen and oxygen atoms in total. The first-order valence-corrected chi connectivity index (χ1v) is 20.1. The van der Waals surface area contributed by atoms with Gasteiger partial charge in [-0.2, -0.15) is 0 Å². The Hall–Kier alpha value is -4.96. The highest BCUT2D eigenvalue weighted by Gasteiger charge is 2.39. The molecule has 4 atom stereocenters. The highest BCUT2D eigenvalue weighted by atomic mass is 32.1. The normalized spacial score (nSPS) is 18.5. The van der Waals surface area contributed by atoms with E-state index in [-0.39, 0.29) is 35.7 Å². The molecule has 0 unspecified atom stereocenters. The molecule has 16 heteroatoms. The van der Waals surface area contributed by atoms with E-state index >= 15 is 0 Å². The van der Waals surface area contributed by atoms with Crippen molar-refractivity contribution in [2.24, 2.45) is 11.8 Å². The van der Waals surface area contributed by atoms with Gasteiger partial charge in [0.2, 0.25) is 11.8 Å². The van der Waals surface area contributed by atoms with Gasteiger partial charge < -0.3 is 39.9 Å². The molecule has 4 aromatic heterocycles. The lowest BCUT2D eigenvalue weighted by molar-refractivity contribution is -0.136. The quantitative estimate of drug-likeness (QED) is 0.118. The summed E-state index contributed by atoms with van der Waals surface area (Å²) in [4.78, 5) is 71.6. The van der Waals surface area contributed by atoms with E-state index in [1.165, 1.54) is 18.9 Å². The van der Waals surface area contributed by atoms with Crippen LogP contribution < -0.4 is 10.6 Å². The Morgan fingerprint density at radius 1 is 0.796 bits per heavy atom. The number of likely N-dealkylation sites (tertiary alicyclic amines) is 2. The van der Waals surface area contributed by atoms with E-state index in [0.717, 1.165) is 75.4 Å². The van der Waals surface area contributed by atoms with Crippen LogP contribution in [0.5, 0.6) is 0 Å². The predicted octanol–water partition coefficient (Wildman–Crippen LogP) is 6.98. The van der Waals surface area contributed by atoms with Gasteiger partial charge in [0, 0.05) is 35.0 Å². The molecule has 0 radical (unpaired) electrons. The molecule has 286 valence electrons. The zero-order chi connectivity index (χ0) is 38.3. The summed E-state index contributed by atoms with van der Waals surface area (Å²) in [5.41, 5.74) is 5.85. The number of rotatable bonds is 10. The topological polar surface area (TPSA) is 175 Å². The Labute approximate surface area is 321 Å². The van der Waals surface area contributed by atoms with Crippen molar-refractivity contribution in [2.75, 3.05) is 27.3 Å². The van der Waals surface area contributed by atoms with Crippen LogP contribution in [0.15, 0.2) is 35.2 Å². The molecule has 0 saturated carbocycles. The number of nitrogens with zero attached hydrogens (tertiary/aromatic N) is 4. The largest absolute Gasteiger partial charge is 0.453 e. The first kappa shape index (κ1) is 37.4. The van der Waals surface area contributed by atoms with Gasteiger partial charge in [-0.3, -0.25) is 9.59 Å². The number of imidazole rings is 2. The Morgan fingerprint density at radius 2 is 1.35 bits per heavy atom. The van der Waals surface area contributed by atoms with E-state index < -0.39 is 24.3 Å². The van der Waals surface area contributed by atoms with Gasteiger partial charge in [-0.15, -0.1) is 22.7 Å². The van der Waals surface area contributed by atoms with Gasteiger partial charge >= 0.3 is 12.2 Å². The average Bonchev–Trinajstić information content (AvgIpc) is 4.00. The molecule has 4 amide bonds. The van der Waals surface area contributed by atoms with Crippen LogP contribution >= 0.6 is 22.7 Å². The minimum atomic E-state index is -0.694. The second-order valence-corrected chi connectivity index (χ2v) is 16.3. The number of aromatic amines is 2. The molecule has 5 aromatic rings. The van der Waals surface area contributed by atoms with E-state index in [1.54, 1.807) is 22.7 Å². The highest BCUT2D eigenvalue weighted by Crippen LogP contribution is 2.45. The van der Waals surface area contributed by atoms with Crippen molar-refractivity contribution in [3.63, 3.8) is 0 Å². The molecule has 2 aliphatic heterocycles. The SMILES string of the molecule is COC(=O)N[C@H](C(=O)N1CCC[C@H]1c1ncc(-c2csc3c(-c4ccc5nc([C@@H]6CCCN6C(=O)[C@@H](NC(=O)OC)C(C)C)[nH]c5c4)csc23)[nH]1)C(C)C. The molecule has 2 aliphatic rings. The number of ether oxygens (including phenoxy) is 2. The van der Waals surface area contributed by atoms with Crippen LogP contribution in [0.4, 0.5) is 9.59 Å². The predicted molar refractivity (Wildman–Crippen MR) is 208 cm³/mol. The lowest BCUT2D eigenvalue weighted by atomic mass is 10.0. The number of nitrogens with one attached hydrogen (secondary N) is 4. The average molecular weight is 775 g/mol. The van der Waals surface area contributed by atoms with Gasteiger partial charge in [0.15, 0.2) is 0 Å². The number of carbonyl (C=O) groups is 4. The Morgan fingerprint density at radius 3 is 1.93 bits per heavy atom. The van der Waals surface area contributed by atoms with E-state index in [2.05, 4.69) is 43.5 Å². The number of H-pyrrole nitrogens is 2. The van der Waals surface area contributed by atoms with E-state index in [0.29, 0.717) is 13.1 Å². The van der Waals surface area contributed by atoms with Crippen LogP contribution in [0, 0.1) is 11.8 Å². The van der Waals surface area contributed by atoms with Crippen LogP contribution in [0.1, 0.15) is 77.1 Å². The van der Waals surface area contributed by atoms with Gasteiger partial charge in [0.1, 0.15) is 23.7 Å². The molecule has 2 saturated heterocycles. The fourth-order valence-electron chi connectivity index (χ4n) is 7.59. The summed E-state index contributed by atoms with van der Waals surface area (Å²) in [5, 5.41) is 9.74. The molecule has 54 heavy (non-hydrogen) atoms. The highest BCUT2D eigenvalue weighted by molar-refractivity contribution is 7.27. The van der Waals surface area contributed by atoms with Crippen LogP contribution in [0.3, 0.4) is 0 Å².